The van der Waals surface area contributed by atoms with Crippen molar-refractivity contribution in [2.75, 3.05) is 14.2 Å². The molecule has 110 valence electrons. The summed E-state index contributed by atoms with van der Waals surface area (Å²) in [5, 5.41) is 3.43. The van der Waals surface area contributed by atoms with Gasteiger partial charge in [0.2, 0.25) is 0 Å². The Balaban J connectivity index is 3.74. The SMILES string of the molecule is CCCCCCCCCC(NC)C(C)(CC)OC. The number of hydrogen-bond donors (Lipinski definition) is 1. The van der Waals surface area contributed by atoms with Crippen molar-refractivity contribution in [2.45, 2.75) is 90.2 Å². The van der Waals surface area contributed by atoms with E-state index in [1.165, 1.54) is 51.4 Å². The highest BCUT2D eigenvalue weighted by Crippen LogP contribution is 2.23. The Labute approximate surface area is 115 Å². The Bertz CT molecular complexity index is 178. The van der Waals surface area contributed by atoms with Gasteiger partial charge in [-0.1, -0.05) is 58.8 Å². The van der Waals surface area contributed by atoms with Crippen LogP contribution in [-0.4, -0.2) is 25.8 Å². The highest BCUT2D eigenvalue weighted by atomic mass is 16.5. The zero-order valence-electron chi connectivity index (χ0n) is 13.3. The number of likely N-dealkylation sites (N-methyl/N-ethyl adjacent to an activating group) is 1. The molecule has 0 heterocycles. The van der Waals surface area contributed by atoms with Gasteiger partial charge in [0.15, 0.2) is 0 Å². The molecule has 18 heavy (non-hydrogen) atoms. The molecule has 0 aromatic carbocycles. The fourth-order valence-corrected chi connectivity index (χ4v) is 2.59. The van der Waals surface area contributed by atoms with Gasteiger partial charge in [0.1, 0.15) is 0 Å². The molecule has 2 atom stereocenters. The normalized spacial score (nSPS) is 16.5. The van der Waals surface area contributed by atoms with Crippen molar-refractivity contribution in [1.29, 1.82) is 0 Å². The Hall–Kier alpha value is -0.0800. The number of methoxy groups -OCH3 is 1. The lowest BCUT2D eigenvalue weighted by molar-refractivity contribution is -0.0297. The molecule has 0 saturated carbocycles. The lowest BCUT2D eigenvalue weighted by Crippen LogP contribution is -2.48. The van der Waals surface area contributed by atoms with Crippen molar-refractivity contribution in [1.82, 2.24) is 5.32 Å². The van der Waals surface area contributed by atoms with Crippen molar-refractivity contribution < 1.29 is 4.74 Å². The third-order valence-corrected chi connectivity index (χ3v) is 4.35. The third-order valence-electron chi connectivity index (χ3n) is 4.35. The molecule has 0 spiro atoms. The topological polar surface area (TPSA) is 21.3 Å². The standard InChI is InChI=1S/C16H35NO/c1-6-8-9-10-11-12-13-14-15(17-4)16(3,7-2)18-5/h15,17H,6-14H2,1-5H3. The summed E-state index contributed by atoms with van der Waals surface area (Å²) >= 11 is 0. The number of rotatable bonds is 12. The molecule has 0 aliphatic heterocycles. The van der Waals surface area contributed by atoms with Crippen LogP contribution in [0.1, 0.15) is 78.6 Å². The molecule has 0 aliphatic carbocycles. The van der Waals surface area contributed by atoms with E-state index >= 15 is 0 Å². The molecule has 0 amide bonds. The summed E-state index contributed by atoms with van der Waals surface area (Å²) in [6.45, 7) is 6.70. The van der Waals surface area contributed by atoms with Gasteiger partial charge in [-0.15, -0.1) is 0 Å². The molecule has 0 aromatic rings. The maximum atomic E-state index is 5.69. The molecule has 2 heteroatoms. The minimum atomic E-state index is -0.0169. The summed E-state index contributed by atoms with van der Waals surface area (Å²) in [4.78, 5) is 0. The van der Waals surface area contributed by atoms with Gasteiger partial charge in [-0.25, -0.2) is 0 Å². The Kier molecular flexibility index (Phi) is 10.8. The molecule has 0 fully saturated rings. The van der Waals surface area contributed by atoms with Crippen molar-refractivity contribution in [2.24, 2.45) is 0 Å². The van der Waals surface area contributed by atoms with E-state index in [2.05, 4.69) is 33.1 Å². The van der Waals surface area contributed by atoms with Crippen molar-refractivity contribution in [3.05, 3.63) is 0 Å². The maximum Gasteiger partial charge on any atom is 0.0800 e. The zero-order chi connectivity index (χ0) is 13.9. The average molecular weight is 257 g/mol. The van der Waals surface area contributed by atoms with Crippen molar-refractivity contribution in [3.8, 4) is 0 Å². The van der Waals surface area contributed by atoms with E-state index in [0.29, 0.717) is 6.04 Å². The second kappa shape index (κ2) is 10.8. The maximum absolute atomic E-state index is 5.69. The van der Waals surface area contributed by atoms with Crippen LogP contribution < -0.4 is 5.32 Å². The molecule has 2 nitrogen and oxygen atoms in total. The minimum Gasteiger partial charge on any atom is -0.377 e. The van der Waals surface area contributed by atoms with Crippen LogP contribution in [0.15, 0.2) is 0 Å². The predicted molar refractivity (Wildman–Crippen MR) is 81.2 cm³/mol. The van der Waals surface area contributed by atoms with Gasteiger partial charge in [-0.05, 0) is 26.8 Å². The van der Waals surface area contributed by atoms with E-state index in [9.17, 15) is 0 Å². The van der Waals surface area contributed by atoms with Gasteiger partial charge < -0.3 is 10.1 Å². The number of ether oxygens (including phenoxy) is 1. The van der Waals surface area contributed by atoms with Gasteiger partial charge in [-0.3, -0.25) is 0 Å². The quantitative estimate of drug-likeness (QED) is 0.519. The van der Waals surface area contributed by atoms with E-state index < -0.39 is 0 Å². The van der Waals surface area contributed by atoms with E-state index in [1.807, 2.05) is 7.11 Å². The summed E-state index contributed by atoms with van der Waals surface area (Å²) < 4.78 is 5.69. The first kappa shape index (κ1) is 17.9. The fraction of sp³-hybridized carbons (Fsp3) is 1.00. The Morgan fingerprint density at radius 1 is 1.00 bits per heavy atom. The van der Waals surface area contributed by atoms with Crippen molar-refractivity contribution in [3.63, 3.8) is 0 Å². The Morgan fingerprint density at radius 3 is 2.00 bits per heavy atom. The van der Waals surface area contributed by atoms with Gasteiger partial charge >= 0.3 is 0 Å². The lowest BCUT2D eigenvalue weighted by atomic mass is 9.89. The number of nitrogens with one attached hydrogen (secondary N) is 1. The number of hydrogen-bond acceptors (Lipinski definition) is 2. The summed E-state index contributed by atoms with van der Waals surface area (Å²) in [5.41, 5.74) is -0.0169. The van der Waals surface area contributed by atoms with E-state index in [4.69, 9.17) is 4.74 Å². The van der Waals surface area contributed by atoms with Crippen LogP contribution in [0.5, 0.6) is 0 Å². The molecule has 0 rings (SSSR count). The molecular weight excluding hydrogens is 222 g/mol. The first-order chi connectivity index (χ1) is 8.64. The molecule has 0 aromatic heterocycles. The third kappa shape index (κ3) is 6.75. The van der Waals surface area contributed by atoms with Crippen LogP contribution in [0.3, 0.4) is 0 Å². The summed E-state index contributed by atoms with van der Waals surface area (Å²) in [7, 11) is 3.89. The average Bonchev–Trinajstić information content (AvgIpc) is 2.41. The largest absolute Gasteiger partial charge is 0.377 e. The fourth-order valence-electron chi connectivity index (χ4n) is 2.59. The van der Waals surface area contributed by atoms with Crippen LogP contribution in [-0.2, 0) is 4.74 Å². The van der Waals surface area contributed by atoms with E-state index in [0.717, 1.165) is 6.42 Å². The molecular formula is C16H35NO. The molecule has 0 saturated heterocycles. The Morgan fingerprint density at radius 2 is 1.56 bits per heavy atom. The molecule has 0 radical (unpaired) electrons. The highest BCUT2D eigenvalue weighted by molar-refractivity contribution is 4.87. The van der Waals surface area contributed by atoms with Crippen LogP contribution in [0.4, 0.5) is 0 Å². The van der Waals surface area contributed by atoms with E-state index in [-0.39, 0.29) is 5.60 Å². The smallest absolute Gasteiger partial charge is 0.0800 e. The zero-order valence-corrected chi connectivity index (χ0v) is 13.3. The van der Waals surface area contributed by atoms with Crippen LogP contribution >= 0.6 is 0 Å². The van der Waals surface area contributed by atoms with Gasteiger partial charge in [0, 0.05) is 13.2 Å². The summed E-state index contributed by atoms with van der Waals surface area (Å²) in [5.74, 6) is 0. The molecule has 1 N–H and O–H groups in total. The van der Waals surface area contributed by atoms with Crippen LogP contribution in [0, 0.1) is 0 Å². The molecule has 0 aliphatic rings. The van der Waals surface area contributed by atoms with E-state index in [1.54, 1.807) is 0 Å². The second-order valence-electron chi connectivity index (χ2n) is 5.62. The van der Waals surface area contributed by atoms with Gasteiger partial charge in [0.05, 0.1) is 5.60 Å². The first-order valence-electron chi connectivity index (χ1n) is 7.87. The van der Waals surface area contributed by atoms with Crippen molar-refractivity contribution >= 4 is 0 Å². The second-order valence-corrected chi connectivity index (χ2v) is 5.62. The lowest BCUT2D eigenvalue weighted by Gasteiger charge is -2.35. The van der Waals surface area contributed by atoms with Crippen LogP contribution in [0.25, 0.3) is 0 Å². The highest BCUT2D eigenvalue weighted by Gasteiger charge is 2.30. The molecule has 2 unspecified atom stereocenters. The first-order valence-corrected chi connectivity index (χ1v) is 7.87. The summed E-state index contributed by atoms with van der Waals surface area (Å²) in [6.07, 6.45) is 11.9. The molecule has 0 bridgehead atoms. The van der Waals surface area contributed by atoms with Gasteiger partial charge in [-0.2, -0.15) is 0 Å². The van der Waals surface area contributed by atoms with Crippen LogP contribution in [0.2, 0.25) is 0 Å². The predicted octanol–water partition coefficient (Wildman–Crippen LogP) is 4.53. The minimum absolute atomic E-state index is 0.0169. The summed E-state index contributed by atoms with van der Waals surface area (Å²) in [6, 6.07) is 0.475. The monoisotopic (exact) mass is 257 g/mol. The van der Waals surface area contributed by atoms with Gasteiger partial charge in [0.25, 0.3) is 0 Å². The number of unbranched alkanes of at least 4 members (excludes halogenated alkanes) is 6.